The maximum atomic E-state index is 11.6. The molecule has 1 amide bonds. The van der Waals surface area contributed by atoms with Gasteiger partial charge in [-0.25, -0.2) is 0 Å². The number of amides is 1. The maximum Gasteiger partial charge on any atom is 0.254 e. The summed E-state index contributed by atoms with van der Waals surface area (Å²) in [7, 11) is 0. The van der Waals surface area contributed by atoms with E-state index in [9.17, 15) is 9.59 Å². The molecule has 2 rings (SSSR count). The van der Waals surface area contributed by atoms with Crippen LogP contribution >= 0.6 is 0 Å². The van der Waals surface area contributed by atoms with Gasteiger partial charge in [0.25, 0.3) is 5.56 Å². The minimum atomic E-state index is -0.369. The van der Waals surface area contributed by atoms with E-state index in [1.165, 1.54) is 11.0 Å². The van der Waals surface area contributed by atoms with Crippen LogP contribution in [-0.2, 0) is 4.79 Å². The van der Waals surface area contributed by atoms with Gasteiger partial charge in [-0.15, -0.1) is 0 Å². The number of anilines is 2. The summed E-state index contributed by atoms with van der Waals surface area (Å²) in [5.74, 6) is 0.344. The van der Waals surface area contributed by atoms with Crippen LogP contribution in [0.25, 0.3) is 0 Å². The third-order valence-electron chi connectivity index (χ3n) is 2.56. The molecule has 1 fully saturated rings. The molecule has 7 nitrogen and oxygen atoms in total. The minimum Gasteiger partial charge on any atom is -0.369 e. The molecule has 0 radical (unpaired) electrons. The second-order valence-corrected chi connectivity index (χ2v) is 3.80. The van der Waals surface area contributed by atoms with E-state index in [0.717, 1.165) is 0 Å². The van der Waals surface area contributed by atoms with Gasteiger partial charge in [0.2, 0.25) is 11.9 Å². The first-order valence-electron chi connectivity index (χ1n) is 4.97. The van der Waals surface area contributed by atoms with Crippen molar-refractivity contribution in [2.24, 2.45) is 11.7 Å². The smallest absolute Gasteiger partial charge is 0.254 e. The zero-order valence-electron chi connectivity index (χ0n) is 8.64. The fraction of sp³-hybridized carbons (Fsp3) is 0.444. The SMILES string of the molecule is NCC1CC(=O)N(c2cc(=O)[nH]c(N)n2)C1. The van der Waals surface area contributed by atoms with Gasteiger partial charge in [0.15, 0.2) is 0 Å². The van der Waals surface area contributed by atoms with Crippen LogP contribution in [0, 0.1) is 5.92 Å². The number of rotatable bonds is 2. The fourth-order valence-corrected chi connectivity index (χ4v) is 1.76. The number of nitrogens with one attached hydrogen (secondary N) is 1. The van der Waals surface area contributed by atoms with Crippen LogP contribution < -0.4 is 21.9 Å². The second-order valence-electron chi connectivity index (χ2n) is 3.80. The molecular formula is C9H13N5O2. The Bertz CT molecular complexity index is 469. The van der Waals surface area contributed by atoms with E-state index in [4.69, 9.17) is 11.5 Å². The maximum absolute atomic E-state index is 11.6. The van der Waals surface area contributed by atoms with Crippen LogP contribution in [-0.4, -0.2) is 29.0 Å². The van der Waals surface area contributed by atoms with Crippen LogP contribution in [0.4, 0.5) is 11.8 Å². The van der Waals surface area contributed by atoms with Crippen molar-refractivity contribution < 1.29 is 4.79 Å². The number of hydrogen-bond donors (Lipinski definition) is 3. The third-order valence-corrected chi connectivity index (χ3v) is 2.56. The summed E-state index contributed by atoms with van der Waals surface area (Å²) in [4.78, 5) is 30.5. The van der Waals surface area contributed by atoms with Crippen molar-refractivity contribution in [3.8, 4) is 0 Å². The van der Waals surface area contributed by atoms with Crippen molar-refractivity contribution in [3.05, 3.63) is 16.4 Å². The van der Waals surface area contributed by atoms with E-state index >= 15 is 0 Å². The highest BCUT2D eigenvalue weighted by molar-refractivity contribution is 5.94. The van der Waals surface area contributed by atoms with Gasteiger partial charge in [0.05, 0.1) is 0 Å². The van der Waals surface area contributed by atoms with Crippen molar-refractivity contribution >= 4 is 17.7 Å². The Morgan fingerprint density at radius 2 is 2.31 bits per heavy atom. The molecule has 1 saturated heterocycles. The number of nitrogen functional groups attached to an aromatic ring is 1. The highest BCUT2D eigenvalue weighted by atomic mass is 16.2. The van der Waals surface area contributed by atoms with Gasteiger partial charge >= 0.3 is 0 Å². The minimum absolute atomic E-state index is 0.00602. The highest BCUT2D eigenvalue weighted by Gasteiger charge is 2.30. The molecule has 1 aliphatic heterocycles. The number of H-pyrrole nitrogens is 1. The molecule has 1 aliphatic rings. The molecule has 0 spiro atoms. The molecule has 86 valence electrons. The lowest BCUT2D eigenvalue weighted by atomic mass is 10.1. The van der Waals surface area contributed by atoms with Crippen LogP contribution in [0.2, 0.25) is 0 Å². The first kappa shape index (κ1) is 10.6. The van der Waals surface area contributed by atoms with Crippen LogP contribution in [0.15, 0.2) is 10.9 Å². The van der Waals surface area contributed by atoms with Gasteiger partial charge in [-0.2, -0.15) is 4.98 Å². The van der Waals surface area contributed by atoms with Crippen LogP contribution in [0.1, 0.15) is 6.42 Å². The predicted molar refractivity (Wildman–Crippen MR) is 58.8 cm³/mol. The topological polar surface area (TPSA) is 118 Å². The number of carbonyl (C=O) groups excluding carboxylic acids is 1. The number of aromatic amines is 1. The molecule has 16 heavy (non-hydrogen) atoms. The number of aromatic nitrogens is 2. The molecule has 1 unspecified atom stereocenters. The normalized spacial score (nSPS) is 20.4. The molecule has 0 aromatic carbocycles. The largest absolute Gasteiger partial charge is 0.369 e. The Labute approximate surface area is 91.5 Å². The van der Waals surface area contributed by atoms with Gasteiger partial charge in [-0.3, -0.25) is 19.5 Å². The monoisotopic (exact) mass is 223 g/mol. The van der Waals surface area contributed by atoms with E-state index in [2.05, 4.69) is 9.97 Å². The number of hydrogen-bond acceptors (Lipinski definition) is 5. The second kappa shape index (κ2) is 3.93. The summed E-state index contributed by atoms with van der Waals surface area (Å²) in [6, 6.07) is 1.26. The summed E-state index contributed by atoms with van der Waals surface area (Å²) < 4.78 is 0. The summed E-state index contributed by atoms with van der Waals surface area (Å²) in [5.41, 5.74) is 10.5. The Morgan fingerprint density at radius 3 is 2.88 bits per heavy atom. The predicted octanol–water partition coefficient (Wildman–Crippen LogP) is -1.34. The quantitative estimate of drug-likeness (QED) is 0.573. The molecule has 5 N–H and O–H groups in total. The summed E-state index contributed by atoms with van der Waals surface area (Å²) >= 11 is 0. The molecule has 0 bridgehead atoms. The van der Waals surface area contributed by atoms with Gasteiger partial charge in [0, 0.05) is 19.0 Å². The number of carbonyl (C=O) groups is 1. The standard InChI is InChI=1S/C9H13N5O2/c10-3-5-1-8(16)14(4-5)6-2-7(15)13-9(11)12-6/h2,5H,1,3-4,10H2,(H3,11,12,13,15). The summed E-state index contributed by atoms with van der Waals surface area (Å²) in [5, 5.41) is 0. The Hall–Kier alpha value is -1.89. The number of nitrogens with zero attached hydrogens (tertiary/aromatic N) is 2. The van der Waals surface area contributed by atoms with Crippen molar-refractivity contribution in [1.82, 2.24) is 9.97 Å². The molecule has 2 heterocycles. The van der Waals surface area contributed by atoms with Gasteiger partial charge in [-0.1, -0.05) is 0 Å². The average Bonchev–Trinajstić information content (AvgIpc) is 2.58. The molecule has 1 aromatic heterocycles. The molecule has 7 heteroatoms. The lowest BCUT2D eigenvalue weighted by molar-refractivity contribution is -0.117. The van der Waals surface area contributed by atoms with Crippen molar-refractivity contribution in [1.29, 1.82) is 0 Å². The van der Waals surface area contributed by atoms with E-state index < -0.39 is 0 Å². The first-order chi connectivity index (χ1) is 7.60. The van der Waals surface area contributed by atoms with E-state index in [0.29, 0.717) is 25.3 Å². The van der Waals surface area contributed by atoms with Gasteiger partial charge in [-0.05, 0) is 12.5 Å². The van der Waals surface area contributed by atoms with Gasteiger partial charge in [0.1, 0.15) is 5.82 Å². The molecule has 1 aromatic rings. The lowest BCUT2D eigenvalue weighted by Crippen LogP contribution is -2.28. The zero-order chi connectivity index (χ0) is 11.7. The van der Waals surface area contributed by atoms with Crippen LogP contribution in [0.5, 0.6) is 0 Å². The van der Waals surface area contributed by atoms with E-state index in [1.807, 2.05) is 0 Å². The molecule has 1 atom stereocenters. The van der Waals surface area contributed by atoms with E-state index in [1.54, 1.807) is 0 Å². The molecular weight excluding hydrogens is 210 g/mol. The highest BCUT2D eigenvalue weighted by Crippen LogP contribution is 2.21. The van der Waals surface area contributed by atoms with Crippen molar-refractivity contribution in [2.45, 2.75) is 6.42 Å². The third kappa shape index (κ3) is 1.89. The van der Waals surface area contributed by atoms with Gasteiger partial charge < -0.3 is 11.5 Å². The van der Waals surface area contributed by atoms with Crippen LogP contribution in [0.3, 0.4) is 0 Å². The fourth-order valence-electron chi connectivity index (χ4n) is 1.76. The Kier molecular flexibility index (Phi) is 2.61. The number of nitrogens with two attached hydrogens (primary N) is 2. The Morgan fingerprint density at radius 1 is 1.56 bits per heavy atom. The summed E-state index contributed by atoms with van der Waals surface area (Å²) in [6.07, 6.45) is 0.394. The molecule has 0 saturated carbocycles. The molecule has 0 aliphatic carbocycles. The average molecular weight is 223 g/mol. The van der Waals surface area contributed by atoms with Crippen molar-refractivity contribution in [3.63, 3.8) is 0 Å². The lowest BCUT2D eigenvalue weighted by Gasteiger charge is -2.14. The Balaban J connectivity index is 2.31. The van der Waals surface area contributed by atoms with Crippen molar-refractivity contribution in [2.75, 3.05) is 23.7 Å². The van der Waals surface area contributed by atoms with E-state index in [-0.39, 0.29) is 23.3 Å². The summed E-state index contributed by atoms with van der Waals surface area (Å²) in [6.45, 7) is 0.937. The first-order valence-corrected chi connectivity index (χ1v) is 4.97. The zero-order valence-corrected chi connectivity index (χ0v) is 8.64.